The first-order valence-electron chi connectivity index (χ1n) is 14.3. The largest absolute Gasteiger partial charge is 0.466 e. The second kappa shape index (κ2) is 10.9. The van der Waals surface area contributed by atoms with Gasteiger partial charge in [0, 0.05) is 29.1 Å². The molecule has 8 heteroatoms. The van der Waals surface area contributed by atoms with Crippen LogP contribution < -0.4 is 15.0 Å². The van der Waals surface area contributed by atoms with Gasteiger partial charge in [-0.05, 0) is 74.9 Å². The van der Waals surface area contributed by atoms with Gasteiger partial charge in [-0.15, -0.1) is 0 Å². The molecule has 42 heavy (non-hydrogen) atoms. The Bertz CT molecular complexity index is 1590. The number of amides is 2. The molecule has 0 atom stereocenters. The smallest absolute Gasteiger partial charge is 0.408 e. The Hall–Kier alpha value is -4.72. The Morgan fingerprint density at radius 2 is 1.71 bits per heavy atom. The number of hydrogen-bond donors (Lipinski definition) is 1. The molecule has 4 aromatic rings. The van der Waals surface area contributed by atoms with Gasteiger partial charge in [-0.3, -0.25) is 9.78 Å². The highest BCUT2D eigenvalue weighted by molar-refractivity contribution is 5.99. The number of nitrogens with zero attached hydrogens (tertiary/aromatic N) is 3. The lowest BCUT2D eigenvalue weighted by Gasteiger charge is -2.42. The number of aromatic nitrogens is 2. The fourth-order valence-electron chi connectivity index (χ4n) is 5.42. The van der Waals surface area contributed by atoms with Gasteiger partial charge < -0.3 is 19.7 Å². The number of carbonyl (C=O) groups excluding carboxylic acids is 2. The normalized spacial score (nSPS) is 15.7. The van der Waals surface area contributed by atoms with Crippen LogP contribution in [0.25, 0.3) is 22.4 Å². The standard InChI is InChI=1S/C34H34N4O4/c1-33(2,3)37-32(40)42-34(16-7-17-34)26-12-10-25(11-13-26)30-27(24-8-5-4-6-9-24)20-28-31(36-30)41-22-29(39)38(28)21-23-14-18-35-19-15-23/h4-6,8-15,18-20H,7,16-17,21-22H2,1-3H3,(H,37,40). The number of rotatable bonds is 6. The summed E-state index contributed by atoms with van der Waals surface area (Å²) in [6, 6.07) is 23.9. The zero-order valence-corrected chi connectivity index (χ0v) is 24.1. The Balaban J connectivity index is 1.37. The second-order valence-electron chi connectivity index (χ2n) is 11.9. The zero-order chi connectivity index (χ0) is 29.3. The molecule has 1 aliphatic heterocycles. The predicted molar refractivity (Wildman–Crippen MR) is 161 cm³/mol. The summed E-state index contributed by atoms with van der Waals surface area (Å²) in [5, 5.41) is 2.91. The summed E-state index contributed by atoms with van der Waals surface area (Å²) in [5.74, 6) is 0.290. The number of nitrogens with one attached hydrogen (secondary N) is 1. The molecule has 1 aliphatic carbocycles. The molecule has 1 N–H and O–H groups in total. The van der Waals surface area contributed by atoms with Gasteiger partial charge in [0.05, 0.1) is 12.2 Å². The van der Waals surface area contributed by atoms with Crippen LogP contribution in [-0.2, 0) is 21.7 Å². The van der Waals surface area contributed by atoms with E-state index in [1.807, 2.05) is 93.6 Å². The van der Waals surface area contributed by atoms with Crippen molar-refractivity contribution in [2.24, 2.45) is 0 Å². The third-order valence-electron chi connectivity index (χ3n) is 7.68. The highest BCUT2D eigenvalue weighted by Gasteiger charge is 2.43. The van der Waals surface area contributed by atoms with Crippen molar-refractivity contribution in [2.45, 2.75) is 57.7 Å². The van der Waals surface area contributed by atoms with Crippen LogP contribution in [0.2, 0.25) is 0 Å². The van der Waals surface area contributed by atoms with Crippen LogP contribution in [0.15, 0.2) is 85.2 Å². The lowest BCUT2D eigenvalue weighted by atomic mass is 9.74. The molecule has 2 aromatic carbocycles. The Labute approximate surface area is 245 Å². The van der Waals surface area contributed by atoms with Crippen LogP contribution in [0.4, 0.5) is 10.5 Å². The number of fused-ring (bicyclic) bond motifs is 1. The molecule has 0 unspecified atom stereocenters. The summed E-state index contributed by atoms with van der Waals surface area (Å²) in [6.45, 7) is 6.12. The van der Waals surface area contributed by atoms with Gasteiger partial charge in [-0.2, -0.15) is 0 Å². The number of ether oxygens (including phenoxy) is 2. The number of alkyl carbamates (subject to hydrolysis) is 1. The molecule has 2 aliphatic rings. The average Bonchev–Trinajstić information content (AvgIpc) is 2.96. The number of carbonyl (C=O) groups is 2. The summed E-state index contributed by atoms with van der Waals surface area (Å²) in [6.07, 6.45) is 5.60. The minimum atomic E-state index is -0.629. The first-order chi connectivity index (χ1) is 20.2. The first-order valence-corrected chi connectivity index (χ1v) is 14.3. The maximum atomic E-state index is 13.0. The van der Waals surface area contributed by atoms with E-state index in [9.17, 15) is 9.59 Å². The molecule has 1 saturated carbocycles. The second-order valence-corrected chi connectivity index (χ2v) is 11.9. The lowest BCUT2D eigenvalue weighted by Crippen LogP contribution is -2.47. The van der Waals surface area contributed by atoms with Gasteiger partial charge in [0.25, 0.3) is 5.91 Å². The molecule has 0 bridgehead atoms. The van der Waals surface area contributed by atoms with Crippen LogP contribution >= 0.6 is 0 Å². The first kappa shape index (κ1) is 27.4. The third kappa shape index (κ3) is 5.57. The van der Waals surface area contributed by atoms with Crippen molar-refractivity contribution in [1.29, 1.82) is 0 Å². The van der Waals surface area contributed by atoms with Gasteiger partial charge in [-0.25, -0.2) is 9.78 Å². The van der Waals surface area contributed by atoms with E-state index in [2.05, 4.69) is 10.3 Å². The highest BCUT2D eigenvalue weighted by atomic mass is 16.6. The van der Waals surface area contributed by atoms with Crippen LogP contribution in [0.5, 0.6) is 5.88 Å². The lowest BCUT2D eigenvalue weighted by molar-refractivity contribution is -0.121. The topological polar surface area (TPSA) is 93.6 Å². The van der Waals surface area contributed by atoms with Crippen molar-refractivity contribution >= 4 is 17.7 Å². The van der Waals surface area contributed by atoms with Crippen LogP contribution in [0, 0.1) is 0 Å². The van der Waals surface area contributed by atoms with Crippen molar-refractivity contribution in [3.05, 3.63) is 96.3 Å². The maximum absolute atomic E-state index is 13.0. The van der Waals surface area contributed by atoms with E-state index in [0.717, 1.165) is 52.8 Å². The zero-order valence-electron chi connectivity index (χ0n) is 24.1. The van der Waals surface area contributed by atoms with Crippen molar-refractivity contribution in [1.82, 2.24) is 15.3 Å². The van der Waals surface area contributed by atoms with E-state index in [0.29, 0.717) is 18.1 Å². The van der Waals surface area contributed by atoms with Crippen LogP contribution in [-0.4, -0.2) is 34.1 Å². The van der Waals surface area contributed by atoms with Gasteiger partial charge in [0.15, 0.2) is 6.61 Å². The summed E-state index contributed by atoms with van der Waals surface area (Å²) in [5.41, 5.74) is 5.07. The SMILES string of the molecule is CC(C)(C)NC(=O)OC1(c2ccc(-c3nc4c(cc3-c3ccccc3)N(Cc3ccncc3)C(=O)CO4)cc2)CCC1. The van der Waals surface area contributed by atoms with E-state index < -0.39 is 11.7 Å². The molecule has 0 saturated heterocycles. The van der Waals surface area contributed by atoms with E-state index >= 15 is 0 Å². The predicted octanol–water partition coefficient (Wildman–Crippen LogP) is 6.64. The third-order valence-corrected chi connectivity index (χ3v) is 7.68. The molecular weight excluding hydrogens is 528 g/mol. The summed E-state index contributed by atoms with van der Waals surface area (Å²) in [7, 11) is 0. The summed E-state index contributed by atoms with van der Waals surface area (Å²) >= 11 is 0. The summed E-state index contributed by atoms with van der Waals surface area (Å²) in [4.78, 5) is 36.4. The highest BCUT2D eigenvalue weighted by Crippen LogP contribution is 2.46. The van der Waals surface area contributed by atoms with Gasteiger partial charge >= 0.3 is 6.09 Å². The fourth-order valence-corrected chi connectivity index (χ4v) is 5.42. The van der Waals surface area contributed by atoms with Gasteiger partial charge in [-0.1, -0.05) is 54.6 Å². The monoisotopic (exact) mass is 562 g/mol. The Morgan fingerprint density at radius 3 is 2.36 bits per heavy atom. The van der Waals surface area contributed by atoms with Crippen LogP contribution in [0.3, 0.4) is 0 Å². The number of benzene rings is 2. The number of hydrogen-bond acceptors (Lipinski definition) is 6. The van der Waals surface area contributed by atoms with Gasteiger partial charge in [0.2, 0.25) is 5.88 Å². The fraction of sp³-hybridized carbons (Fsp3) is 0.294. The molecular formula is C34H34N4O4. The maximum Gasteiger partial charge on any atom is 0.408 e. The molecule has 2 amide bonds. The van der Waals surface area contributed by atoms with Crippen molar-refractivity contribution in [3.63, 3.8) is 0 Å². The van der Waals surface area contributed by atoms with Crippen molar-refractivity contribution in [3.8, 4) is 28.3 Å². The summed E-state index contributed by atoms with van der Waals surface area (Å²) < 4.78 is 11.9. The molecule has 2 aromatic heterocycles. The molecule has 6 rings (SSSR count). The average molecular weight is 563 g/mol. The van der Waals surface area contributed by atoms with Crippen LogP contribution in [0.1, 0.15) is 51.2 Å². The molecule has 1 fully saturated rings. The Kier molecular flexibility index (Phi) is 7.14. The Morgan fingerprint density at radius 1 is 1.00 bits per heavy atom. The molecule has 0 spiro atoms. The number of pyridine rings is 2. The van der Waals surface area contributed by atoms with E-state index in [1.165, 1.54) is 0 Å². The minimum absolute atomic E-state index is 0.0787. The van der Waals surface area contributed by atoms with Gasteiger partial charge in [0.1, 0.15) is 11.3 Å². The molecule has 3 heterocycles. The van der Waals surface area contributed by atoms with Crippen molar-refractivity contribution < 1.29 is 19.1 Å². The van der Waals surface area contributed by atoms with E-state index in [1.54, 1.807) is 17.3 Å². The molecule has 0 radical (unpaired) electrons. The molecule has 8 nitrogen and oxygen atoms in total. The molecule has 214 valence electrons. The van der Waals surface area contributed by atoms with E-state index in [-0.39, 0.29) is 18.1 Å². The quantitative estimate of drug-likeness (QED) is 0.283. The number of anilines is 1. The minimum Gasteiger partial charge on any atom is -0.466 e. The van der Waals surface area contributed by atoms with Crippen molar-refractivity contribution in [2.75, 3.05) is 11.5 Å². The van der Waals surface area contributed by atoms with E-state index in [4.69, 9.17) is 14.5 Å².